The molecule has 6 aromatic rings. The van der Waals surface area contributed by atoms with Gasteiger partial charge in [0.2, 0.25) is 0 Å². The topological polar surface area (TPSA) is 65.6 Å². The van der Waals surface area contributed by atoms with Crippen LogP contribution in [0.5, 0.6) is 0 Å². The number of hydrogen-bond acceptors (Lipinski definition) is 4. The second-order valence-corrected chi connectivity index (χ2v) is 17.9. The van der Waals surface area contributed by atoms with E-state index in [2.05, 4.69) is 0 Å². The van der Waals surface area contributed by atoms with Gasteiger partial charge in [0.05, 0.1) is 44.0 Å². The summed E-state index contributed by atoms with van der Waals surface area (Å²) < 4.78 is 53.7. The average molecular weight is 979 g/mol. The van der Waals surface area contributed by atoms with Crippen molar-refractivity contribution in [1.29, 1.82) is 0 Å². The van der Waals surface area contributed by atoms with E-state index in [-0.39, 0.29) is 29.8 Å². The van der Waals surface area contributed by atoms with Crippen molar-refractivity contribution in [1.82, 2.24) is 19.6 Å². The number of hydrogen-bond donors (Lipinski definition) is 0. The van der Waals surface area contributed by atoms with Crippen LogP contribution in [0.1, 0.15) is 51.2 Å². The summed E-state index contributed by atoms with van der Waals surface area (Å²) >= 11 is 24.6. The van der Waals surface area contributed by atoms with E-state index in [0.29, 0.717) is 64.9 Å². The molecule has 0 aromatic heterocycles. The second kappa shape index (κ2) is 22.0. The Hall–Kier alpha value is -5.27. The molecular weight excluding hydrogens is 931 g/mol. The lowest BCUT2D eigenvalue weighted by Gasteiger charge is -2.42. The first-order chi connectivity index (χ1) is 31.6. The van der Waals surface area contributed by atoms with Crippen LogP contribution in [0, 0.1) is 0 Å². The highest BCUT2D eigenvalue weighted by molar-refractivity contribution is 6.35. The molecule has 2 aliphatic rings. The number of alkyl halides is 3. The zero-order valence-electron chi connectivity index (χ0n) is 36.1. The molecule has 0 bridgehead atoms. The number of halogens is 7. The van der Waals surface area contributed by atoms with E-state index < -0.39 is 23.9 Å². The molecule has 8 nitrogen and oxygen atoms in total. The predicted octanol–water partition coefficient (Wildman–Crippen LogP) is 13.1. The van der Waals surface area contributed by atoms with Crippen molar-refractivity contribution in [2.45, 2.75) is 43.7 Å². The fraction of sp³-hybridized carbons (Fsp3) is 0.255. The molecule has 2 heterocycles. The maximum atomic E-state index is 13.7. The molecule has 0 N–H and O–H groups in total. The first-order valence-electron chi connectivity index (χ1n) is 21.1. The van der Waals surface area contributed by atoms with Gasteiger partial charge in [-0.1, -0.05) is 156 Å². The van der Waals surface area contributed by atoms with E-state index in [0.717, 1.165) is 28.3 Å². The first kappa shape index (κ1) is 48.7. The molecule has 0 spiro atoms. The number of likely N-dealkylation sites (tertiary alicyclic amines) is 2. The largest absolute Gasteiger partial charge is 0.416 e. The van der Waals surface area contributed by atoms with E-state index in [1.807, 2.05) is 98.0 Å². The molecule has 2 saturated heterocycles. The molecule has 66 heavy (non-hydrogen) atoms. The maximum absolute atomic E-state index is 13.7. The van der Waals surface area contributed by atoms with Crippen LogP contribution in [0.15, 0.2) is 152 Å². The summed E-state index contributed by atoms with van der Waals surface area (Å²) in [5.74, 6) is 0. The van der Waals surface area contributed by atoms with E-state index in [1.165, 1.54) is 12.1 Å². The smallest absolute Gasteiger partial charge is 0.362 e. The third-order valence-electron chi connectivity index (χ3n) is 11.2. The van der Waals surface area contributed by atoms with Crippen LogP contribution in [-0.2, 0) is 28.7 Å². The summed E-state index contributed by atoms with van der Waals surface area (Å²) in [5, 5.41) is 2.23. The fourth-order valence-corrected chi connectivity index (χ4v) is 8.47. The quantitative estimate of drug-likeness (QED) is 0.123. The van der Waals surface area contributed by atoms with Crippen molar-refractivity contribution in [2.24, 2.45) is 0 Å². The molecule has 15 heteroatoms. The normalized spacial score (nSPS) is 14.9. The monoisotopic (exact) mass is 976 g/mol. The number of rotatable bonds is 12. The minimum Gasteiger partial charge on any atom is -0.362 e. The van der Waals surface area contributed by atoms with Gasteiger partial charge in [-0.3, -0.25) is 0 Å². The zero-order valence-corrected chi connectivity index (χ0v) is 39.1. The van der Waals surface area contributed by atoms with Gasteiger partial charge in [-0.2, -0.15) is 13.2 Å². The second-order valence-electron chi connectivity index (χ2n) is 16.2. The molecule has 2 aliphatic heterocycles. The highest BCUT2D eigenvalue weighted by Gasteiger charge is 2.40. The van der Waals surface area contributed by atoms with E-state index in [1.54, 1.807) is 69.1 Å². The van der Waals surface area contributed by atoms with Crippen molar-refractivity contribution in [3.63, 3.8) is 0 Å². The third-order valence-corrected chi connectivity index (χ3v) is 12.3. The SMILES string of the molecule is CN(Cc1ccccc1)C(=O)N1CC(OC(c2ccc(Cl)cc2)c2ccc(Cl)cc2Cl)C1.CN(Cc1ccccc1)C(=O)N1CC(OC(c2ccc(Cl)cc2)c2ccccc2C(F)(F)F)C1. The molecule has 2 atom stereocenters. The Balaban J connectivity index is 0.000000197. The Bertz CT molecular complexity index is 2550. The minimum absolute atomic E-state index is 0.0127. The number of urea groups is 2. The number of amides is 4. The van der Waals surface area contributed by atoms with Crippen molar-refractivity contribution in [3.8, 4) is 0 Å². The predicted molar refractivity (Wildman–Crippen MR) is 254 cm³/mol. The molecule has 0 radical (unpaired) electrons. The van der Waals surface area contributed by atoms with Crippen molar-refractivity contribution >= 4 is 58.5 Å². The Morgan fingerprint density at radius 3 is 1.38 bits per heavy atom. The van der Waals surface area contributed by atoms with E-state index in [4.69, 9.17) is 55.9 Å². The summed E-state index contributed by atoms with van der Waals surface area (Å²) in [4.78, 5) is 32.3. The molecule has 2 fully saturated rings. The Kier molecular flexibility index (Phi) is 16.2. The van der Waals surface area contributed by atoms with Gasteiger partial charge < -0.3 is 29.1 Å². The molecule has 0 saturated carbocycles. The minimum atomic E-state index is -4.52. The lowest BCUT2D eigenvalue weighted by molar-refractivity contribution is -0.140. The van der Waals surface area contributed by atoms with E-state index in [9.17, 15) is 22.8 Å². The third kappa shape index (κ3) is 12.6. The Labute approximate surface area is 402 Å². The van der Waals surface area contributed by atoms with Crippen molar-refractivity contribution < 1.29 is 32.2 Å². The molecule has 344 valence electrons. The van der Waals surface area contributed by atoms with Crippen LogP contribution in [0.2, 0.25) is 20.1 Å². The number of ether oxygens (including phenoxy) is 2. The molecular formula is C51H47Cl4F3N4O4. The summed E-state index contributed by atoms with van der Waals surface area (Å²) in [6.07, 6.45) is -6.35. The van der Waals surface area contributed by atoms with Gasteiger partial charge >= 0.3 is 18.2 Å². The zero-order chi connectivity index (χ0) is 47.0. The standard InChI is InChI=1S/C26H24ClF3N2O2.C25H23Cl3N2O2/c1-31(15-18-7-3-2-4-8-18)25(33)32-16-21(17-32)34-24(19-11-13-20(27)14-12-19)22-9-5-6-10-23(22)26(28,29)30;1-29(14-17-5-3-2-4-6-17)25(31)30-15-21(16-30)32-24(18-7-9-19(26)10-8-18)22-12-11-20(27)13-23(22)28/h2-14,21,24H,15-17H2,1H3;2-13,21,24H,14-16H2,1H3. The lowest BCUT2D eigenvalue weighted by atomic mass is 9.95. The Morgan fingerprint density at radius 2 is 0.955 bits per heavy atom. The average Bonchev–Trinajstić information content (AvgIpc) is 3.27. The van der Waals surface area contributed by atoms with Gasteiger partial charge in [0.1, 0.15) is 12.2 Å². The van der Waals surface area contributed by atoms with Gasteiger partial charge in [0.15, 0.2) is 0 Å². The molecule has 2 unspecified atom stereocenters. The maximum Gasteiger partial charge on any atom is 0.416 e. The molecule has 0 aliphatic carbocycles. The van der Waals surface area contributed by atoms with Gasteiger partial charge in [-0.15, -0.1) is 0 Å². The number of nitrogens with zero attached hydrogens (tertiary/aromatic N) is 4. The highest BCUT2D eigenvalue weighted by atomic mass is 35.5. The van der Waals surface area contributed by atoms with Gasteiger partial charge in [-0.25, -0.2) is 9.59 Å². The number of carbonyl (C=O) groups excluding carboxylic acids is 2. The van der Waals surface area contributed by atoms with Crippen LogP contribution in [0.3, 0.4) is 0 Å². The molecule has 4 amide bonds. The van der Waals surface area contributed by atoms with Crippen LogP contribution in [0.25, 0.3) is 0 Å². The van der Waals surface area contributed by atoms with Crippen LogP contribution in [0.4, 0.5) is 22.8 Å². The van der Waals surface area contributed by atoms with Gasteiger partial charge in [-0.05, 0) is 70.3 Å². The number of benzene rings is 6. The van der Waals surface area contributed by atoms with Crippen LogP contribution in [-0.4, -0.2) is 84.1 Å². The summed E-state index contributed by atoms with van der Waals surface area (Å²) in [5.41, 5.74) is 3.71. The molecule has 8 rings (SSSR count). The van der Waals surface area contributed by atoms with Crippen LogP contribution >= 0.6 is 46.4 Å². The fourth-order valence-electron chi connectivity index (χ4n) is 7.71. The van der Waals surface area contributed by atoms with Gasteiger partial charge in [0.25, 0.3) is 0 Å². The lowest BCUT2D eigenvalue weighted by Crippen LogP contribution is -2.58. The van der Waals surface area contributed by atoms with Crippen molar-refractivity contribution in [3.05, 3.63) is 211 Å². The van der Waals surface area contributed by atoms with Crippen LogP contribution < -0.4 is 0 Å². The van der Waals surface area contributed by atoms with Gasteiger partial charge in [0, 0.05) is 52.8 Å². The summed E-state index contributed by atoms with van der Waals surface area (Å²) in [7, 11) is 3.53. The summed E-state index contributed by atoms with van der Waals surface area (Å²) in [6, 6.07) is 44.3. The Morgan fingerprint density at radius 1 is 0.561 bits per heavy atom. The van der Waals surface area contributed by atoms with Crippen molar-refractivity contribution in [2.75, 3.05) is 40.3 Å². The number of carbonyl (C=O) groups is 2. The molecule has 6 aromatic carbocycles. The summed E-state index contributed by atoms with van der Waals surface area (Å²) in [6.45, 7) is 2.68. The first-order valence-corrected chi connectivity index (χ1v) is 22.6. The highest BCUT2D eigenvalue weighted by Crippen LogP contribution is 2.40. The van der Waals surface area contributed by atoms with E-state index >= 15 is 0 Å².